The summed E-state index contributed by atoms with van der Waals surface area (Å²) in [6.45, 7) is 6.56. The van der Waals surface area contributed by atoms with Crippen molar-refractivity contribution in [1.82, 2.24) is 5.32 Å². The van der Waals surface area contributed by atoms with Gasteiger partial charge in [0.05, 0.1) is 25.2 Å². The molecule has 4 nitrogen and oxygen atoms in total. The molecule has 0 aliphatic rings. The molecule has 0 radical (unpaired) electrons. The summed E-state index contributed by atoms with van der Waals surface area (Å²) < 4.78 is 5.66. The molecule has 0 bridgehead atoms. The van der Waals surface area contributed by atoms with Crippen molar-refractivity contribution < 1.29 is 14.6 Å². The second kappa shape index (κ2) is 9.23. The molecule has 2 N–H and O–H groups in total. The first-order valence-corrected chi connectivity index (χ1v) is 8.70. The molecule has 2 aromatic carbocycles. The van der Waals surface area contributed by atoms with Crippen LogP contribution in [0.4, 0.5) is 0 Å². The molecule has 25 heavy (non-hydrogen) atoms. The largest absolute Gasteiger partial charge is 0.493 e. The number of amides is 1. The van der Waals surface area contributed by atoms with Crippen LogP contribution in [0, 0.1) is 5.92 Å². The minimum Gasteiger partial charge on any atom is -0.493 e. The van der Waals surface area contributed by atoms with Crippen LogP contribution in [0.1, 0.15) is 43.9 Å². The van der Waals surface area contributed by atoms with Gasteiger partial charge in [0, 0.05) is 0 Å². The van der Waals surface area contributed by atoms with Crippen LogP contribution in [-0.4, -0.2) is 24.2 Å². The third-order valence-corrected chi connectivity index (χ3v) is 4.06. The van der Waals surface area contributed by atoms with Crippen molar-refractivity contribution in [3.63, 3.8) is 0 Å². The Bertz CT molecular complexity index is 653. The lowest BCUT2D eigenvalue weighted by Gasteiger charge is -2.20. The number of hydrogen-bond acceptors (Lipinski definition) is 3. The molecule has 1 amide bonds. The standard InChI is InChI=1S/C21H27NO3/c1-15(2)14-25-19-11-9-18(10-12-19)20(13-23)22-21(24)16(3)17-7-5-4-6-8-17/h4-12,15-16,20,23H,13-14H2,1-3H3,(H,22,24)/t16-,20-/m0/s1. The third kappa shape index (κ3) is 5.61. The number of benzene rings is 2. The van der Waals surface area contributed by atoms with Crippen molar-refractivity contribution in [3.05, 3.63) is 65.7 Å². The molecule has 0 spiro atoms. The lowest BCUT2D eigenvalue weighted by molar-refractivity contribution is -0.123. The molecule has 2 aromatic rings. The van der Waals surface area contributed by atoms with Crippen LogP contribution >= 0.6 is 0 Å². The van der Waals surface area contributed by atoms with Gasteiger partial charge in [0.1, 0.15) is 5.75 Å². The second-order valence-corrected chi connectivity index (χ2v) is 6.65. The van der Waals surface area contributed by atoms with E-state index in [4.69, 9.17) is 4.74 Å². The van der Waals surface area contributed by atoms with E-state index in [1.54, 1.807) is 0 Å². The van der Waals surface area contributed by atoms with E-state index in [0.29, 0.717) is 12.5 Å². The molecule has 2 atom stereocenters. The van der Waals surface area contributed by atoms with Crippen molar-refractivity contribution in [2.45, 2.75) is 32.7 Å². The van der Waals surface area contributed by atoms with E-state index in [-0.39, 0.29) is 18.4 Å². The number of aliphatic hydroxyl groups excluding tert-OH is 1. The Hall–Kier alpha value is -2.33. The van der Waals surface area contributed by atoms with E-state index in [9.17, 15) is 9.90 Å². The fraction of sp³-hybridized carbons (Fsp3) is 0.381. The molecule has 4 heteroatoms. The molecular formula is C21H27NO3. The van der Waals surface area contributed by atoms with E-state index in [0.717, 1.165) is 16.9 Å². The van der Waals surface area contributed by atoms with Gasteiger partial charge in [-0.25, -0.2) is 0 Å². The molecule has 0 saturated carbocycles. The Morgan fingerprint density at radius 2 is 1.64 bits per heavy atom. The summed E-state index contributed by atoms with van der Waals surface area (Å²) in [6.07, 6.45) is 0. The van der Waals surface area contributed by atoms with Gasteiger partial charge in [-0.3, -0.25) is 4.79 Å². The van der Waals surface area contributed by atoms with Gasteiger partial charge < -0.3 is 15.2 Å². The van der Waals surface area contributed by atoms with E-state index >= 15 is 0 Å². The summed E-state index contributed by atoms with van der Waals surface area (Å²) >= 11 is 0. The average molecular weight is 341 g/mol. The van der Waals surface area contributed by atoms with Crippen molar-refractivity contribution in [2.75, 3.05) is 13.2 Å². The van der Waals surface area contributed by atoms with E-state index < -0.39 is 6.04 Å². The van der Waals surface area contributed by atoms with E-state index in [1.807, 2.05) is 61.5 Å². The molecule has 0 unspecified atom stereocenters. The number of carbonyl (C=O) groups is 1. The first-order valence-electron chi connectivity index (χ1n) is 8.70. The molecule has 2 rings (SSSR count). The number of rotatable bonds is 8. The first-order chi connectivity index (χ1) is 12.0. The quantitative estimate of drug-likeness (QED) is 0.770. The molecule has 0 fully saturated rings. The van der Waals surface area contributed by atoms with Crippen molar-refractivity contribution in [3.8, 4) is 5.75 Å². The Morgan fingerprint density at radius 1 is 1.00 bits per heavy atom. The normalized spacial score (nSPS) is 13.3. The minimum absolute atomic E-state index is 0.106. The second-order valence-electron chi connectivity index (χ2n) is 6.65. The summed E-state index contributed by atoms with van der Waals surface area (Å²) in [6, 6.07) is 16.7. The number of hydrogen-bond donors (Lipinski definition) is 2. The molecular weight excluding hydrogens is 314 g/mol. The van der Waals surface area contributed by atoms with Gasteiger partial charge in [-0.1, -0.05) is 56.3 Å². The zero-order chi connectivity index (χ0) is 18.2. The van der Waals surface area contributed by atoms with Crippen LogP contribution in [0.25, 0.3) is 0 Å². The fourth-order valence-electron chi connectivity index (χ4n) is 2.48. The van der Waals surface area contributed by atoms with Gasteiger partial charge in [-0.15, -0.1) is 0 Å². The Morgan fingerprint density at radius 3 is 2.20 bits per heavy atom. The van der Waals surface area contributed by atoms with Gasteiger partial charge >= 0.3 is 0 Å². The van der Waals surface area contributed by atoms with Gasteiger partial charge in [0.15, 0.2) is 0 Å². The summed E-state index contributed by atoms with van der Waals surface area (Å²) in [5.41, 5.74) is 1.81. The van der Waals surface area contributed by atoms with E-state index in [1.165, 1.54) is 0 Å². The van der Waals surface area contributed by atoms with Crippen LogP contribution < -0.4 is 10.1 Å². The first kappa shape index (κ1) is 19.0. The highest BCUT2D eigenvalue weighted by molar-refractivity contribution is 5.83. The van der Waals surface area contributed by atoms with Crippen LogP contribution in [0.15, 0.2) is 54.6 Å². The molecule has 0 aliphatic carbocycles. The molecule has 134 valence electrons. The fourth-order valence-corrected chi connectivity index (χ4v) is 2.48. The molecule has 0 aliphatic heterocycles. The highest BCUT2D eigenvalue weighted by Gasteiger charge is 2.19. The van der Waals surface area contributed by atoms with Gasteiger partial charge in [0.25, 0.3) is 0 Å². The van der Waals surface area contributed by atoms with Crippen molar-refractivity contribution in [2.24, 2.45) is 5.92 Å². The van der Waals surface area contributed by atoms with Crippen LogP contribution in [0.3, 0.4) is 0 Å². The highest BCUT2D eigenvalue weighted by atomic mass is 16.5. The third-order valence-electron chi connectivity index (χ3n) is 4.06. The summed E-state index contributed by atoms with van der Waals surface area (Å²) in [4.78, 5) is 12.5. The number of carbonyl (C=O) groups excluding carboxylic acids is 1. The van der Waals surface area contributed by atoms with Gasteiger partial charge in [-0.2, -0.15) is 0 Å². The lowest BCUT2D eigenvalue weighted by atomic mass is 9.99. The van der Waals surface area contributed by atoms with E-state index in [2.05, 4.69) is 19.2 Å². The minimum atomic E-state index is -0.433. The van der Waals surface area contributed by atoms with Crippen LogP contribution in [0.2, 0.25) is 0 Å². The Balaban J connectivity index is 2.00. The average Bonchev–Trinajstić information content (AvgIpc) is 2.64. The molecule has 0 saturated heterocycles. The summed E-state index contributed by atoms with van der Waals surface area (Å²) in [5, 5.41) is 12.6. The zero-order valence-electron chi connectivity index (χ0n) is 15.1. The maximum atomic E-state index is 12.5. The Labute approximate surface area is 149 Å². The maximum Gasteiger partial charge on any atom is 0.227 e. The molecule has 0 heterocycles. The van der Waals surface area contributed by atoms with Crippen LogP contribution in [0.5, 0.6) is 5.75 Å². The van der Waals surface area contributed by atoms with Gasteiger partial charge in [0.2, 0.25) is 5.91 Å². The topological polar surface area (TPSA) is 58.6 Å². The number of nitrogens with one attached hydrogen (secondary N) is 1. The smallest absolute Gasteiger partial charge is 0.227 e. The zero-order valence-corrected chi connectivity index (χ0v) is 15.1. The van der Waals surface area contributed by atoms with Crippen LogP contribution in [-0.2, 0) is 4.79 Å². The molecule has 0 aromatic heterocycles. The summed E-state index contributed by atoms with van der Waals surface area (Å²) in [5.74, 6) is 0.871. The highest BCUT2D eigenvalue weighted by Crippen LogP contribution is 2.21. The predicted octanol–water partition coefficient (Wildman–Crippen LogP) is 3.67. The monoisotopic (exact) mass is 341 g/mol. The number of aliphatic hydroxyl groups is 1. The SMILES string of the molecule is CC(C)COc1ccc([C@H](CO)NC(=O)[C@@H](C)c2ccccc2)cc1. The summed E-state index contributed by atoms with van der Waals surface area (Å²) in [7, 11) is 0. The number of ether oxygens (including phenoxy) is 1. The Kier molecular flexibility index (Phi) is 7.02. The van der Waals surface area contributed by atoms with Crippen molar-refractivity contribution in [1.29, 1.82) is 0 Å². The van der Waals surface area contributed by atoms with Crippen molar-refractivity contribution >= 4 is 5.91 Å². The van der Waals surface area contributed by atoms with Gasteiger partial charge in [-0.05, 0) is 36.1 Å². The predicted molar refractivity (Wildman–Crippen MR) is 99.6 cm³/mol. The lowest BCUT2D eigenvalue weighted by Crippen LogP contribution is -2.33. The maximum absolute atomic E-state index is 12.5.